The third-order valence-corrected chi connectivity index (χ3v) is 5.26. The molecule has 0 saturated heterocycles. The average molecular weight is 345 g/mol. The molecule has 3 aromatic rings. The second kappa shape index (κ2) is 7.43. The van der Waals surface area contributed by atoms with Gasteiger partial charge in [-0.2, -0.15) is 0 Å². The fourth-order valence-electron chi connectivity index (χ4n) is 3.16. The van der Waals surface area contributed by atoms with Gasteiger partial charge in [-0.1, -0.05) is 48.5 Å². The number of aromatic nitrogens is 1. The maximum atomic E-state index is 4.08. The van der Waals surface area contributed by atoms with Crippen molar-refractivity contribution < 1.29 is 0 Å². The lowest BCUT2D eigenvalue weighted by atomic mass is 9.97. The Morgan fingerprint density at radius 3 is 1.50 bits per heavy atom. The summed E-state index contributed by atoms with van der Waals surface area (Å²) < 4.78 is 0. The molecule has 3 rings (SSSR count). The molecule has 2 heteroatoms. The van der Waals surface area contributed by atoms with Crippen LogP contribution in [0.4, 0.5) is 0 Å². The number of hydrogen-bond donors (Lipinski definition) is 0. The smallest absolute Gasteiger partial charge is 0.0322 e. The zero-order valence-corrected chi connectivity index (χ0v) is 16.4. The van der Waals surface area contributed by atoms with E-state index in [1.807, 2.05) is 24.5 Å². The number of nitrogens with zero attached hydrogens (tertiary/aromatic N) is 2. The average Bonchev–Trinajstić information content (AvgIpc) is 2.67. The van der Waals surface area contributed by atoms with Crippen LogP contribution in [0.25, 0.3) is 22.3 Å². The first-order chi connectivity index (χ1) is 12.4. The van der Waals surface area contributed by atoms with Crippen LogP contribution in [0.3, 0.4) is 0 Å². The molecule has 1 heterocycles. The molecule has 0 N–H and O–H groups in total. The Hall–Kier alpha value is -2.45. The van der Waals surface area contributed by atoms with Gasteiger partial charge in [-0.05, 0) is 74.7 Å². The Morgan fingerprint density at radius 2 is 1.08 bits per heavy atom. The van der Waals surface area contributed by atoms with E-state index in [2.05, 4.69) is 93.2 Å². The highest BCUT2D eigenvalue weighted by Crippen LogP contribution is 2.29. The van der Waals surface area contributed by atoms with Crippen LogP contribution >= 0.6 is 0 Å². The van der Waals surface area contributed by atoms with Crippen LogP contribution in [0.5, 0.6) is 0 Å². The molecule has 2 nitrogen and oxygen atoms in total. The SMILES string of the molecule is CC(c1ccc(-c2ccc(-c3ccncc3)cc2)cc1)N(C)C(C)(C)C. The summed E-state index contributed by atoms with van der Waals surface area (Å²) >= 11 is 0. The summed E-state index contributed by atoms with van der Waals surface area (Å²) in [6.07, 6.45) is 3.66. The minimum Gasteiger partial charge on any atom is -0.295 e. The van der Waals surface area contributed by atoms with Gasteiger partial charge in [-0.25, -0.2) is 0 Å². The van der Waals surface area contributed by atoms with Gasteiger partial charge < -0.3 is 0 Å². The van der Waals surface area contributed by atoms with Gasteiger partial charge in [0.1, 0.15) is 0 Å². The minimum atomic E-state index is 0.154. The third-order valence-electron chi connectivity index (χ3n) is 5.26. The van der Waals surface area contributed by atoms with E-state index in [0.29, 0.717) is 6.04 Å². The van der Waals surface area contributed by atoms with Gasteiger partial charge in [-0.3, -0.25) is 9.88 Å². The van der Waals surface area contributed by atoms with Crippen LogP contribution < -0.4 is 0 Å². The van der Waals surface area contributed by atoms with E-state index in [1.54, 1.807) is 0 Å². The first kappa shape index (κ1) is 18.3. The van der Waals surface area contributed by atoms with E-state index in [9.17, 15) is 0 Å². The summed E-state index contributed by atoms with van der Waals surface area (Å²) in [5.41, 5.74) is 6.40. The molecule has 26 heavy (non-hydrogen) atoms. The molecular weight excluding hydrogens is 316 g/mol. The lowest BCUT2D eigenvalue weighted by Crippen LogP contribution is -2.39. The molecular formula is C24H28N2. The third kappa shape index (κ3) is 4.03. The monoisotopic (exact) mass is 344 g/mol. The van der Waals surface area contributed by atoms with Gasteiger partial charge >= 0.3 is 0 Å². The van der Waals surface area contributed by atoms with Crippen LogP contribution in [-0.4, -0.2) is 22.5 Å². The topological polar surface area (TPSA) is 16.1 Å². The van der Waals surface area contributed by atoms with Gasteiger partial charge in [0.15, 0.2) is 0 Å². The van der Waals surface area contributed by atoms with E-state index < -0.39 is 0 Å². The lowest BCUT2D eigenvalue weighted by Gasteiger charge is -2.37. The Bertz CT molecular complexity index is 828. The lowest BCUT2D eigenvalue weighted by molar-refractivity contribution is 0.126. The van der Waals surface area contributed by atoms with Gasteiger partial charge in [0, 0.05) is 24.0 Å². The molecule has 0 aliphatic rings. The summed E-state index contributed by atoms with van der Waals surface area (Å²) in [4.78, 5) is 6.49. The normalized spacial score (nSPS) is 13.0. The van der Waals surface area contributed by atoms with Crippen molar-refractivity contribution in [2.75, 3.05) is 7.05 Å². The maximum Gasteiger partial charge on any atom is 0.0322 e. The molecule has 1 atom stereocenters. The second-order valence-corrected chi connectivity index (χ2v) is 7.89. The standard InChI is InChI=1S/C24H28N2/c1-18(26(5)24(2,3)4)19-6-8-20(9-7-19)21-10-12-22(13-11-21)23-14-16-25-17-15-23/h6-18H,1-5H3. The van der Waals surface area contributed by atoms with E-state index in [1.165, 1.54) is 27.8 Å². The van der Waals surface area contributed by atoms with Gasteiger partial charge in [-0.15, -0.1) is 0 Å². The van der Waals surface area contributed by atoms with Crippen molar-refractivity contribution in [2.24, 2.45) is 0 Å². The number of hydrogen-bond acceptors (Lipinski definition) is 2. The molecule has 0 fully saturated rings. The molecule has 134 valence electrons. The molecule has 1 aromatic heterocycles. The fraction of sp³-hybridized carbons (Fsp3) is 0.292. The van der Waals surface area contributed by atoms with E-state index in [-0.39, 0.29) is 5.54 Å². The molecule has 0 saturated carbocycles. The fourth-order valence-corrected chi connectivity index (χ4v) is 3.16. The van der Waals surface area contributed by atoms with Crippen molar-refractivity contribution in [3.05, 3.63) is 78.6 Å². The largest absolute Gasteiger partial charge is 0.295 e. The maximum absolute atomic E-state index is 4.08. The molecule has 2 aromatic carbocycles. The van der Waals surface area contributed by atoms with Crippen LogP contribution in [-0.2, 0) is 0 Å². The van der Waals surface area contributed by atoms with Crippen molar-refractivity contribution in [1.82, 2.24) is 9.88 Å². The highest BCUT2D eigenvalue weighted by molar-refractivity contribution is 5.70. The van der Waals surface area contributed by atoms with Gasteiger partial charge in [0.2, 0.25) is 0 Å². The van der Waals surface area contributed by atoms with Crippen molar-refractivity contribution in [3.63, 3.8) is 0 Å². The van der Waals surface area contributed by atoms with Crippen molar-refractivity contribution >= 4 is 0 Å². The first-order valence-electron chi connectivity index (χ1n) is 9.20. The second-order valence-electron chi connectivity index (χ2n) is 7.89. The predicted molar refractivity (Wildman–Crippen MR) is 111 cm³/mol. The highest BCUT2D eigenvalue weighted by atomic mass is 15.2. The van der Waals surface area contributed by atoms with E-state index >= 15 is 0 Å². The van der Waals surface area contributed by atoms with Crippen LogP contribution in [0.2, 0.25) is 0 Å². The molecule has 0 aliphatic heterocycles. The summed E-state index contributed by atoms with van der Waals surface area (Å²) in [5.74, 6) is 0. The molecule has 0 aliphatic carbocycles. The Labute approximate surface area is 157 Å². The molecule has 1 unspecified atom stereocenters. The molecule has 0 amide bonds. The summed E-state index contributed by atoms with van der Waals surface area (Å²) in [5, 5.41) is 0. The van der Waals surface area contributed by atoms with Gasteiger partial charge in [0.05, 0.1) is 0 Å². The van der Waals surface area contributed by atoms with Crippen molar-refractivity contribution in [3.8, 4) is 22.3 Å². The number of rotatable bonds is 4. The predicted octanol–water partition coefficient (Wildman–Crippen LogP) is 6.21. The number of benzene rings is 2. The zero-order chi connectivity index (χ0) is 18.7. The first-order valence-corrected chi connectivity index (χ1v) is 9.20. The van der Waals surface area contributed by atoms with E-state index in [4.69, 9.17) is 0 Å². The Balaban J connectivity index is 1.79. The molecule has 0 radical (unpaired) electrons. The molecule has 0 spiro atoms. The van der Waals surface area contributed by atoms with Crippen LogP contribution in [0.15, 0.2) is 73.1 Å². The van der Waals surface area contributed by atoms with Gasteiger partial charge in [0.25, 0.3) is 0 Å². The Morgan fingerprint density at radius 1 is 0.692 bits per heavy atom. The zero-order valence-electron chi connectivity index (χ0n) is 16.4. The van der Waals surface area contributed by atoms with Crippen LogP contribution in [0.1, 0.15) is 39.3 Å². The quantitative estimate of drug-likeness (QED) is 0.559. The minimum absolute atomic E-state index is 0.154. The summed E-state index contributed by atoms with van der Waals surface area (Å²) in [7, 11) is 2.19. The summed E-state index contributed by atoms with van der Waals surface area (Å²) in [6.45, 7) is 9.02. The highest BCUT2D eigenvalue weighted by Gasteiger charge is 2.23. The summed E-state index contributed by atoms with van der Waals surface area (Å²) in [6, 6.07) is 22.1. The molecule has 0 bridgehead atoms. The van der Waals surface area contributed by atoms with Crippen LogP contribution in [0, 0.1) is 0 Å². The number of pyridine rings is 1. The Kier molecular flexibility index (Phi) is 5.24. The van der Waals surface area contributed by atoms with Crippen molar-refractivity contribution in [2.45, 2.75) is 39.3 Å². The van der Waals surface area contributed by atoms with Crippen molar-refractivity contribution in [1.29, 1.82) is 0 Å². The van der Waals surface area contributed by atoms with E-state index in [0.717, 1.165) is 0 Å².